The molecule has 4 atom stereocenters. The number of aryl methyl sites for hydroxylation is 1. The number of aliphatic hydroxyl groups excluding tert-OH is 1. The van der Waals surface area contributed by atoms with Crippen molar-refractivity contribution in [2.45, 2.75) is 74.4 Å². The van der Waals surface area contributed by atoms with Gasteiger partial charge in [0, 0.05) is 50.1 Å². The molecule has 3 fully saturated rings. The monoisotopic (exact) mass is 741 g/mol. The second kappa shape index (κ2) is 16.6. The first-order chi connectivity index (χ1) is 25.7. The van der Waals surface area contributed by atoms with Gasteiger partial charge in [0.15, 0.2) is 12.1 Å². The molecule has 7 rings (SSSR count). The number of carbonyl (C=O) groups is 1. The molecule has 4 aromatic rings. The number of anilines is 1. The molecule has 11 nitrogen and oxygen atoms in total. The summed E-state index contributed by atoms with van der Waals surface area (Å²) in [6, 6.07) is 29.8. The van der Waals surface area contributed by atoms with Gasteiger partial charge in [0.1, 0.15) is 6.04 Å². The topological polar surface area (TPSA) is 136 Å². The van der Waals surface area contributed by atoms with Crippen molar-refractivity contribution in [1.29, 1.82) is 0 Å². The van der Waals surface area contributed by atoms with Crippen molar-refractivity contribution in [2.75, 3.05) is 38.2 Å². The lowest BCUT2D eigenvalue weighted by Crippen LogP contribution is -2.48. The molecule has 3 heterocycles. The maximum absolute atomic E-state index is 13.9. The maximum Gasteiger partial charge on any atom is 0.242 e. The van der Waals surface area contributed by atoms with Crippen molar-refractivity contribution in [3.8, 4) is 0 Å². The van der Waals surface area contributed by atoms with Gasteiger partial charge in [-0.05, 0) is 54.3 Å². The van der Waals surface area contributed by atoms with Crippen LogP contribution in [0.2, 0.25) is 0 Å². The van der Waals surface area contributed by atoms with E-state index in [0.717, 1.165) is 53.7 Å². The normalized spacial score (nSPS) is 22.4. The molecule has 4 aromatic carbocycles. The molecule has 3 aliphatic heterocycles. The highest BCUT2D eigenvalue weighted by Crippen LogP contribution is 2.39. The molecule has 1 amide bonds. The molecule has 3 N–H and O–H groups in total. The quantitative estimate of drug-likeness (QED) is 0.175. The first-order valence-corrected chi connectivity index (χ1v) is 19.7. The predicted molar refractivity (Wildman–Crippen MR) is 199 cm³/mol. The van der Waals surface area contributed by atoms with Crippen molar-refractivity contribution in [3.05, 3.63) is 131 Å². The molecule has 0 radical (unpaired) electrons. The van der Waals surface area contributed by atoms with Crippen molar-refractivity contribution in [1.82, 2.24) is 9.62 Å². The highest BCUT2D eigenvalue weighted by molar-refractivity contribution is 7.89. The van der Waals surface area contributed by atoms with E-state index in [9.17, 15) is 18.3 Å². The smallest absolute Gasteiger partial charge is 0.242 e. The molecule has 0 bridgehead atoms. The second-order valence-corrected chi connectivity index (χ2v) is 15.8. The number of likely N-dealkylation sites (tertiary alicyclic amines) is 1. The summed E-state index contributed by atoms with van der Waals surface area (Å²) in [6.07, 6.45) is 1.25. The van der Waals surface area contributed by atoms with Crippen LogP contribution in [-0.2, 0) is 46.8 Å². The van der Waals surface area contributed by atoms with Crippen molar-refractivity contribution in [3.63, 3.8) is 0 Å². The molecule has 12 heteroatoms. The summed E-state index contributed by atoms with van der Waals surface area (Å²) in [5.41, 5.74) is 4.75. The van der Waals surface area contributed by atoms with E-state index in [-0.39, 0.29) is 30.1 Å². The predicted octanol–water partition coefficient (Wildman–Crippen LogP) is 5.40. The first-order valence-electron chi connectivity index (χ1n) is 18.2. The van der Waals surface area contributed by atoms with E-state index in [4.69, 9.17) is 18.9 Å². The van der Waals surface area contributed by atoms with Gasteiger partial charge in [-0.2, -0.15) is 4.72 Å². The molecule has 3 aliphatic rings. The summed E-state index contributed by atoms with van der Waals surface area (Å²) in [7, 11) is -4.00. The van der Waals surface area contributed by atoms with Crippen LogP contribution in [-0.4, -0.2) is 75.1 Å². The summed E-state index contributed by atoms with van der Waals surface area (Å²) in [6.45, 7) is 5.49. The SMILES string of the molecule is Cc1ccc(S(=O)(=O)N[C@H](Cc2ccccc2)C(=O)Nc2cccc([C@H]3O[C@@H](CN4CCC5(CC4)OCCO5)C[C@@H](c4ccc(CO)cc4)O3)c2)cc1. The summed E-state index contributed by atoms with van der Waals surface area (Å²) in [4.78, 5) is 16.4. The van der Waals surface area contributed by atoms with Gasteiger partial charge < -0.3 is 34.3 Å². The van der Waals surface area contributed by atoms with Gasteiger partial charge in [0.25, 0.3) is 0 Å². The highest BCUT2D eigenvalue weighted by Gasteiger charge is 2.41. The summed E-state index contributed by atoms with van der Waals surface area (Å²) < 4.78 is 54.6. The van der Waals surface area contributed by atoms with Crippen LogP contribution >= 0.6 is 0 Å². The number of benzene rings is 4. The Morgan fingerprint density at radius 3 is 2.28 bits per heavy atom. The minimum Gasteiger partial charge on any atom is -0.392 e. The second-order valence-electron chi connectivity index (χ2n) is 14.0. The third-order valence-electron chi connectivity index (χ3n) is 10.2. The fourth-order valence-electron chi connectivity index (χ4n) is 7.19. The highest BCUT2D eigenvalue weighted by atomic mass is 32.2. The van der Waals surface area contributed by atoms with Gasteiger partial charge >= 0.3 is 0 Å². The van der Waals surface area contributed by atoms with E-state index in [1.165, 1.54) is 12.1 Å². The molecule has 53 heavy (non-hydrogen) atoms. The molecular weight excluding hydrogens is 695 g/mol. The average Bonchev–Trinajstić information content (AvgIpc) is 3.64. The third kappa shape index (κ3) is 9.40. The number of nitrogens with one attached hydrogen (secondary N) is 2. The Morgan fingerprint density at radius 2 is 1.58 bits per heavy atom. The lowest BCUT2D eigenvalue weighted by molar-refractivity contribution is -0.255. The Morgan fingerprint density at radius 1 is 0.868 bits per heavy atom. The molecule has 0 unspecified atom stereocenters. The number of hydrogen-bond donors (Lipinski definition) is 3. The van der Waals surface area contributed by atoms with Crippen LogP contribution in [0.4, 0.5) is 5.69 Å². The standard InChI is InChI=1S/C41H47N3O8S/c1-29-10-16-36(17-11-29)53(47,48)43-37(24-30-6-3-2-4-7-30)39(46)42-34-9-5-8-33(25-34)40-51-35(26-38(52-40)32-14-12-31(28-45)13-15-32)27-44-20-18-41(19-21-44)49-22-23-50-41/h2-17,25,35,37-38,40,43,45H,18-24,26-28H2,1H3,(H,42,46)/t35-,37-,38+,40+/m1/s1. The Balaban J connectivity index is 1.09. The van der Waals surface area contributed by atoms with Crippen LogP contribution in [0.1, 0.15) is 59.5 Å². The number of nitrogens with zero attached hydrogens (tertiary/aromatic N) is 1. The number of ether oxygens (including phenoxy) is 4. The Kier molecular flexibility index (Phi) is 11.7. The third-order valence-corrected chi connectivity index (χ3v) is 11.6. The number of amides is 1. The van der Waals surface area contributed by atoms with Gasteiger partial charge in [-0.3, -0.25) is 4.79 Å². The molecule has 280 valence electrons. The number of carbonyl (C=O) groups excluding carboxylic acids is 1. The lowest BCUT2D eigenvalue weighted by Gasteiger charge is -2.41. The number of rotatable bonds is 12. The van der Waals surface area contributed by atoms with Crippen molar-refractivity contribution >= 4 is 21.6 Å². The fraction of sp³-hybridized carbons (Fsp3) is 0.390. The van der Waals surface area contributed by atoms with E-state index in [0.29, 0.717) is 31.9 Å². The van der Waals surface area contributed by atoms with Crippen LogP contribution < -0.4 is 10.0 Å². The number of sulfonamides is 1. The zero-order valence-corrected chi connectivity index (χ0v) is 30.7. The number of piperidine rings is 1. The van der Waals surface area contributed by atoms with Gasteiger partial charge in [-0.1, -0.05) is 84.4 Å². The Labute approximate surface area is 311 Å². The zero-order valence-electron chi connectivity index (χ0n) is 29.9. The first kappa shape index (κ1) is 37.3. The summed E-state index contributed by atoms with van der Waals surface area (Å²) in [5, 5.41) is 12.6. The molecule has 3 saturated heterocycles. The number of hydrogen-bond acceptors (Lipinski definition) is 9. The molecule has 1 spiro atoms. The van der Waals surface area contributed by atoms with Gasteiger partial charge in [0.2, 0.25) is 15.9 Å². The minimum absolute atomic E-state index is 0.0395. The van der Waals surface area contributed by atoms with Gasteiger partial charge in [-0.15, -0.1) is 0 Å². The zero-order chi connectivity index (χ0) is 36.8. The molecule has 0 aromatic heterocycles. The van der Waals surface area contributed by atoms with Crippen LogP contribution in [0.3, 0.4) is 0 Å². The Hall–Kier alpha value is -3.98. The van der Waals surface area contributed by atoms with E-state index in [2.05, 4.69) is 14.9 Å². The maximum atomic E-state index is 13.9. The molecule has 0 aliphatic carbocycles. The van der Waals surface area contributed by atoms with Crippen LogP contribution in [0.25, 0.3) is 0 Å². The van der Waals surface area contributed by atoms with Gasteiger partial charge in [0.05, 0.1) is 36.9 Å². The van der Waals surface area contributed by atoms with Crippen molar-refractivity contribution in [2.24, 2.45) is 0 Å². The van der Waals surface area contributed by atoms with Crippen LogP contribution in [0, 0.1) is 6.92 Å². The Bertz CT molecular complexity index is 1930. The van der Waals surface area contributed by atoms with E-state index < -0.39 is 34.0 Å². The van der Waals surface area contributed by atoms with Crippen LogP contribution in [0.5, 0.6) is 0 Å². The molecular formula is C41H47N3O8S. The van der Waals surface area contributed by atoms with E-state index in [1.54, 1.807) is 18.2 Å². The average molecular weight is 742 g/mol. The van der Waals surface area contributed by atoms with E-state index in [1.807, 2.05) is 79.7 Å². The molecule has 0 saturated carbocycles. The largest absolute Gasteiger partial charge is 0.392 e. The minimum atomic E-state index is -4.00. The summed E-state index contributed by atoms with van der Waals surface area (Å²) in [5.74, 6) is -0.956. The van der Waals surface area contributed by atoms with E-state index >= 15 is 0 Å². The lowest BCUT2D eigenvalue weighted by atomic mass is 9.98. The van der Waals surface area contributed by atoms with Gasteiger partial charge in [-0.25, -0.2) is 8.42 Å². The fourth-order valence-corrected chi connectivity index (χ4v) is 8.38. The number of aliphatic hydroxyl groups is 1. The summed E-state index contributed by atoms with van der Waals surface area (Å²) >= 11 is 0. The van der Waals surface area contributed by atoms with Crippen molar-refractivity contribution < 1.29 is 37.3 Å². The van der Waals surface area contributed by atoms with Crippen LogP contribution in [0.15, 0.2) is 108 Å².